The maximum Gasteiger partial charge on any atom is 0.255 e. The van der Waals surface area contributed by atoms with Gasteiger partial charge < -0.3 is 10.1 Å². The lowest BCUT2D eigenvalue weighted by Crippen LogP contribution is -2.24. The van der Waals surface area contributed by atoms with Gasteiger partial charge in [-0.15, -0.1) is 6.58 Å². The Morgan fingerprint density at radius 1 is 1.17 bits per heavy atom. The monoisotopic (exact) mass is 323 g/mol. The van der Waals surface area contributed by atoms with Gasteiger partial charge >= 0.3 is 0 Å². The summed E-state index contributed by atoms with van der Waals surface area (Å²) in [6.07, 6.45) is 2.54. The molecule has 0 saturated heterocycles. The van der Waals surface area contributed by atoms with Crippen LogP contribution >= 0.6 is 0 Å². The number of rotatable bonds is 6. The van der Waals surface area contributed by atoms with Crippen molar-refractivity contribution in [2.24, 2.45) is 0 Å². The average molecular weight is 323 g/mol. The third-order valence-electron chi connectivity index (χ3n) is 3.22. The number of carbonyl (C=O) groups is 1. The predicted octanol–water partition coefficient (Wildman–Crippen LogP) is 3.37. The van der Waals surface area contributed by atoms with Crippen LogP contribution in [0.1, 0.15) is 15.9 Å². The molecule has 1 amide bonds. The Morgan fingerprint density at radius 3 is 2.71 bits per heavy atom. The van der Waals surface area contributed by atoms with Crippen LogP contribution in [0.4, 0.5) is 4.39 Å². The van der Waals surface area contributed by atoms with Crippen molar-refractivity contribution in [2.45, 2.75) is 6.42 Å². The van der Waals surface area contributed by atoms with E-state index in [1.165, 1.54) is 18.2 Å². The highest BCUT2D eigenvalue weighted by atomic mass is 19.1. The maximum absolute atomic E-state index is 13.4. The number of ether oxygens (including phenoxy) is 1. The first-order valence-electron chi connectivity index (χ1n) is 7.52. The first-order chi connectivity index (χ1) is 11.7. The second-order valence-corrected chi connectivity index (χ2v) is 4.91. The molecule has 2 aromatic rings. The van der Waals surface area contributed by atoms with Crippen molar-refractivity contribution in [3.63, 3.8) is 0 Å². The molecule has 0 saturated carbocycles. The number of allylic oxidation sites excluding steroid dienone is 1. The van der Waals surface area contributed by atoms with Crippen molar-refractivity contribution in [3.8, 4) is 17.6 Å². The number of halogens is 1. The Bertz CT molecular complexity index is 774. The molecule has 0 spiro atoms. The van der Waals surface area contributed by atoms with Gasteiger partial charge in [-0.1, -0.05) is 48.2 Å². The molecule has 122 valence electrons. The van der Waals surface area contributed by atoms with Gasteiger partial charge in [0.1, 0.15) is 18.2 Å². The average Bonchev–Trinajstić information content (AvgIpc) is 2.59. The van der Waals surface area contributed by atoms with Crippen LogP contribution in [0.15, 0.2) is 61.2 Å². The largest absolute Gasteiger partial charge is 0.481 e. The highest BCUT2D eigenvalue weighted by Gasteiger charge is 2.08. The van der Waals surface area contributed by atoms with Crippen molar-refractivity contribution in [1.29, 1.82) is 0 Å². The zero-order valence-corrected chi connectivity index (χ0v) is 13.2. The summed E-state index contributed by atoms with van der Waals surface area (Å²) in [5.74, 6) is 5.32. The molecule has 0 fully saturated rings. The Morgan fingerprint density at radius 2 is 1.92 bits per heavy atom. The highest BCUT2D eigenvalue weighted by Crippen LogP contribution is 2.18. The quantitative estimate of drug-likeness (QED) is 0.654. The number of hydrogen-bond donors (Lipinski definition) is 1. The number of para-hydroxylation sites is 1. The lowest BCUT2D eigenvalue weighted by atomic mass is 10.1. The summed E-state index contributed by atoms with van der Waals surface area (Å²) in [6, 6.07) is 13.5. The van der Waals surface area contributed by atoms with Gasteiger partial charge in [-0.25, -0.2) is 4.39 Å². The first-order valence-corrected chi connectivity index (χ1v) is 7.52. The molecule has 2 rings (SSSR count). The summed E-state index contributed by atoms with van der Waals surface area (Å²) in [4.78, 5) is 11.8. The van der Waals surface area contributed by atoms with Crippen LogP contribution in [0.2, 0.25) is 0 Å². The zero-order valence-electron chi connectivity index (χ0n) is 13.2. The van der Waals surface area contributed by atoms with Crippen LogP contribution in [-0.4, -0.2) is 19.1 Å². The lowest BCUT2D eigenvalue weighted by Gasteiger charge is -2.07. The van der Waals surface area contributed by atoms with E-state index in [0.717, 1.165) is 17.7 Å². The molecule has 3 nitrogen and oxygen atoms in total. The smallest absolute Gasteiger partial charge is 0.255 e. The fourth-order valence-corrected chi connectivity index (χ4v) is 2.06. The Hall–Kier alpha value is -3.06. The highest BCUT2D eigenvalue weighted by molar-refractivity contribution is 5.94. The number of amides is 1. The standard InChI is InChI=1S/C20H18FNO2/c1-2-9-16-10-3-6-13-19(16)24-15-8-7-14-22-20(23)17-11-4-5-12-18(17)21/h2-6,10-13H,1,9,14-15H2,(H,22,23). The number of hydrogen-bond acceptors (Lipinski definition) is 2. The Kier molecular flexibility index (Phi) is 6.60. The molecule has 0 aliphatic heterocycles. The first kappa shape index (κ1) is 17.3. The summed E-state index contributed by atoms with van der Waals surface area (Å²) in [5, 5.41) is 2.55. The van der Waals surface area contributed by atoms with Crippen LogP contribution in [0.25, 0.3) is 0 Å². The molecule has 0 atom stereocenters. The minimum Gasteiger partial charge on any atom is -0.481 e. The lowest BCUT2D eigenvalue weighted by molar-refractivity contribution is 0.0954. The number of carbonyl (C=O) groups excluding carboxylic acids is 1. The molecule has 0 aliphatic rings. The SMILES string of the molecule is C=CCc1ccccc1OCC#CCNC(=O)c1ccccc1F. The topological polar surface area (TPSA) is 38.3 Å². The molecule has 0 unspecified atom stereocenters. The molecule has 0 heterocycles. The second kappa shape index (κ2) is 9.16. The van der Waals surface area contributed by atoms with Gasteiger partial charge in [-0.3, -0.25) is 4.79 Å². The van der Waals surface area contributed by atoms with Crippen LogP contribution in [-0.2, 0) is 6.42 Å². The minimum atomic E-state index is -0.551. The van der Waals surface area contributed by atoms with Crippen molar-refractivity contribution in [1.82, 2.24) is 5.32 Å². The molecule has 4 heteroatoms. The molecule has 0 bridgehead atoms. The van der Waals surface area contributed by atoms with E-state index in [1.54, 1.807) is 6.07 Å². The van der Waals surface area contributed by atoms with E-state index < -0.39 is 11.7 Å². The van der Waals surface area contributed by atoms with E-state index in [-0.39, 0.29) is 18.7 Å². The summed E-state index contributed by atoms with van der Waals surface area (Å²) in [6.45, 7) is 4.06. The van der Waals surface area contributed by atoms with Crippen LogP contribution in [0.3, 0.4) is 0 Å². The van der Waals surface area contributed by atoms with Crippen LogP contribution in [0, 0.1) is 17.7 Å². The third kappa shape index (κ3) is 4.99. The van der Waals surface area contributed by atoms with E-state index in [9.17, 15) is 9.18 Å². The van der Waals surface area contributed by atoms with Crippen molar-refractivity contribution in [2.75, 3.05) is 13.2 Å². The molecule has 0 radical (unpaired) electrons. The fourth-order valence-electron chi connectivity index (χ4n) is 2.06. The van der Waals surface area contributed by atoms with Crippen molar-refractivity contribution >= 4 is 5.91 Å². The van der Waals surface area contributed by atoms with Crippen molar-refractivity contribution < 1.29 is 13.9 Å². The van der Waals surface area contributed by atoms with Gasteiger partial charge in [0.15, 0.2) is 0 Å². The van der Waals surface area contributed by atoms with E-state index >= 15 is 0 Å². The van der Waals surface area contributed by atoms with Gasteiger partial charge in [0.2, 0.25) is 0 Å². The van der Waals surface area contributed by atoms with Gasteiger partial charge in [-0.2, -0.15) is 0 Å². The molecule has 0 aromatic heterocycles. The van der Waals surface area contributed by atoms with Gasteiger partial charge in [-0.05, 0) is 30.2 Å². The molecular formula is C20H18FNO2. The predicted molar refractivity (Wildman–Crippen MR) is 92.3 cm³/mol. The summed E-state index contributed by atoms with van der Waals surface area (Å²) in [5.41, 5.74) is 1.05. The van der Waals surface area contributed by atoms with E-state index in [1.807, 2.05) is 30.3 Å². The van der Waals surface area contributed by atoms with Crippen LogP contribution in [0.5, 0.6) is 5.75 Å². The summed E-state index contributed by atoms with van der Waals surface area (Å²) in [7, 11) is 0. The second-order valence-electron chi connectivity index (χ2n) is 4.91. The summed E-state index contributed by atoms with van der Waals surface area (Å²) < 4.78 is 19.0. The van der Waals surface area contributed by atoms with Crippen molar-refractivity contribution in [3.05, 3.63) is 78.1 Å². The van der Waals surface area contributed by atoms with Gasteiger partial charge in [0.05, 0.1) is 12.1 Å². The minimum absolute atomic E-state index is 0.00824. The maximum atomic E-state index is 13.4. The van der Waals surface area contributed by atoms with E-state index in [0.29, 0.717) is 0 Å². The molecule has 0 aliphatic carbocycles. The Balaban J connectivity index is 1.80. The normalized spacial score (nSPS) is 9.54. The van der Waals surface area contributed by atoms with Gasteiger partial charge in [0, 0.05) is 0 Å². The van der Waals surface area contributed by atoms with Gasteiger partial charge in [0.25, 0.3) is 5.91 Å². The number of nitrogens with one attached hydrogen (secondary N) is 1. The molecule has 2 aromatic carbocycles. The fraction of sp³-hybridized carbons (Fsp3) is 0.150. The van der Waals surface area contributed by atoms with E-state index in [2.05, 4.69) is 23.7 Å². The molecular weight excluding hydrogens is 305 g/mol. The molecule has 24 heavy (non-hydrogen) atoms. The Labute approximate surface area is 141 Å². The molecule has 1 N–H and O–H groups in total. The summed E-state index contributed by atoms with van der Waals surface area (Å²) >= 11 is 0. The number of benzene rings is 2. The van der Waals surface area contributed by atoms with E-state index in [4.69, 9.17) is 4.74 Å². The van der Waals surface area contributed by atoms with Crippen LogP contribution < -0.4 is 10.1 Å². The zero-order chi connectivity index (χ0) is 17.2. The third-order valence-corrected chi connectivity index (χ3v) is 3.22.